The van der Waals surface area contributed by atoms with Gasteiger partial charge >= 0.3 is 0 Å². The smallest absolute Gasteiger partial charge is 0.188 e. The first-order valence-electron chi connectivity index (χ1n) is 5.70. The highest BCUT2D eigenvalue weighted by atomic mass is 19.1. The van der Waals surface area contributed by atoms with E-state index in [-0.39, 0.29) is 18.2 Å². The first-order valence-corrected chi connectivity index (χ1v) is 5.70. The zero-order chi connectivity index (χ0) is 12.1. The molecule has 2 rings (SSSR count). The Morgan fingerprint density at radius 3 is 2.82 bits per heavy atom. The van der Waals surface area contributed by atoms with Gasteiger partial charge in [0, 0.05) is 18.1 Å². The maximum atomic E-state index is 12.7. The predicted molar refractivity (Wildman–Crippen MR) is 60.5 cm³/mol. The molecule has 1 atom stereocenters. The summed E-state index contributed by atoms with van der Waals surface area (Å²) in [7, 11) is 0. The van der Waals surface area contributed by atoms with Crippen molar-refractivity contribution in [3.8, 4) is 0 Å². The Kier molecular flexibility index (Phi) is 4.23. The fourth-order valence-corrected chi connectivity index (χ4v) is 1.75. The Balaban J connectivity index is 1.75. The van der Waals surface area contributed by atoms with E-state index in [0.29, 0.717) is 24.7 Å². The largest absolute Gasteiger partial charge is 0.381 e. The van der Waals surface area contributed by atoms with Crippen molar-refractivity contribution < 1.29 is 18.7 Å². The van der Waals surface area contributed by atoms with Crippen molar-refractivity contribution in [1.29, 1.82) is 0 Å². The van der Waals surface area contributed by atoms with Crippen molar-refractivity contribution in [2.75, 3.05) is 26.4 Å². The van der Waals surface area contributed by atoms with Gasteiger partial charge in [-0.1, -0.05) is 0 Å². The van der Waals surface area contributed by atoms with E-state index in [1.165, 1.54) is 24.3 Å². The van der Waals surface area contributed by atoms with Crippen molar-refractivity contribution >= 4 is 5.78 Å². The molecule has 0 aromatic heterocycles. The maximum absolute atomic E-state index is 12.7. The van der Waals surface area contributed by atoms with Gasteiger partial charge in [-0.2, -0.15) is 0 Å². The highest BCUT2D eigenvalue weighted by Gasteiger charge is 2.16. The van der Waals surface area contributed by atoms with Crippen LogP contribution in [0.5, 0.6) is 0 Å². The van der Waals surface area contributed by atoms with Crippen LogP contribution in [0, 0.1) is 11.7 Å². The van der Waals surface area contributed by atoms with Crippen LogP contribution in [-0.2, 0) is 9.47 Å². The lowest BCUT2D eigenvalue weighted by Crippen LogP contribution is -2.15. The second-order valence-electron chi connectivity index (χ2n) is 4.17. The number of hydrogen-bond acceptors (Lipinski definition) is 3. The van der Waals surface area contributed by atoms with Gasteiger partial charge in [0.2, 0.25) is 0 Å². The molecule has 4 heteroatoms. The van der Waals surface area contributed by atoms with E-state index >= 15 is 0 Å². The molecule has 1 aliphatic rings. The standard InChI is InChI=1S/C13H15FO3/c14-12-3-1-11(2-4-12)13(15)9-17-8-10-5-6-16-7-10/h1-4,10H,5-9H2. The van der Waals surface area contributed by atoms with Crippen LogP contribution in [-0.4, -0.2) is 32.2 Å². The molecule has 0 radical (unpaired) electrons. The van der Waals surface area contributed by atoms with E-state index < -0.39 is 0 Å². The Hall–Kier alpha value is -1.26. The Morgan fingerprint density at radius 2 is 2.18 bits per heavy atom. The Morgan fingerprint density at radius 1 is 1.41 bits per heavy atom. The molecule has 1 fully saturated rings. The molecule has 1 heterocycles. The summed E-state index contributed by atoms with van der Waals surface area (Å²) in [5.41, 5.74) is 0.481. The van der Waals surface area contributed by atoms with Crippen LogP contribution in [0.25, 0.3) is 0 Å². The van der Waals surface area contributed by atoms with E-state index in [9.17, 15) is 9.18 Å². The average Bonchev–Trinajstić information content (AvgIpc) is 2.83. The molecular formula is C13H15FO3. The van der Waals surface area contributed by atoms with Crippen molar-refractivity contribution in [2.45, 2.75) is 6.42 Å². The van der Waals surface area contributed by atoms with Crippen molar-refractivity contribution in [3.05, 3.63) is 35.6 Å². The normalized spacial score (nSPS) is 19.5. The fourth-order valence-electron chi connectivity index (χ4n) is 1.75. The lowest BCUT2D eigenvalue weighted by molar-refractivity contribution is 0.0651. The molecule has 0 saturated carbocycles. The number of benzene rings is 1. The summed E-state index contributed by atoms with van der Waals surface area (Å²) < 4.78 is 23.2. The number of halogens is 1. The molecule has 3 nitrogen and oxygen atoms in total. The average molecular weight is 238 g/mol. The molecule has 0 N–H and O–H groups in total. The van der Waals surface area contributed by atoms with Gasteiger partial charge < -0.3 is 9.47 Å². The van der Waals surface area contributed by atoms with Crippen LogP contribution in [0.15, 0.2) is 24.3 Å². The molecule has 1 aromatic carbocycles. The first-order chi connectivity index (χ1) is 8.25. The summed E-state index contributed by atoms with van der Waals surface area (Å²) in [6, 6.07) is 5.50. The molecule has 17 heavy (non-hydrogen) atoms. The van der Waals surface area contributed by atoms with Gasteiger partial charge in [-0.25, -0.2) is 4.39 Å². The number of carbonyl (C=O) groups is 1. The molecule has 0 bridgehead atoms. The summed E-state index contributed by atoms with van der Waals surface area (Å²) in [6.07, 6.45) is 0.991. The topological polar surface area (TPSA) is 35.5 Å². The molecule has 0 aliphatic carbocycles. The van der Waals surface area contributed by atoms with Gasteiger partial charge in [0.15, 0.2) is 5.78 Å². The summed E-state index contributed by atoms with van der Waals surface area (Å²) in [6.45, 7) is 2.08. The van der Waals surface area contributed by atoms with E-state index in [2.05, 4.69) is 0 Å². The quantitative estimate of drug-likeness (QED) is 0.736. The summed E-state index contributed by atoms with van der Waals surface area (Å²) in [5.74, 6) is -0.0643. The molecule has 0 spiro atoms. The number of ether oxygens (including phenoxy) is 2. The molecule has 1 aliphatic heterocycles. The minimum Gasteiger partial charge on any atom is -0.381 e. The second-order valence-corrected chi connectivity index (χ2v) is 4.17. The van der Waals surface area contributed by atoms with E-state index in [0.717, 1.165) is 13.0 Å². The van der Waals surface area contributed by atoms with Gasteiger partial charge in [0.25, 0.3) is 0 Å². The third kappa shape index (κ3) is 3.61. The maximum Gasteiger partial charge on any atom is 0.188 e. The lowest BCUT2D eigenvalue weighted by atomic mass is 10.1. The molecule has 1 saturated heterocycles. The summed E-state index contributed by atoms with van der Waals surface area (Å²) in [5, 5.41) is 0. The number of rotatable bonds is 5. The summed E-state index contributed by atoms with van der Waals surface area (Å²) >= 11 is 0. The summed E-state index contributed by atoms with van der Waals surface area (Å²) in [4.78, 5) is 11.7. The fraction of sp³-hybridized carbons (Fsp3) is 0.462. The van der Waals surface area contributed by atoms with Crippen molar-refractivity contribution in [1.82, 2.24) is 0 Å². The lowest BCUT2D eigenvalue weighted by Gasteiger charge is -2.08. The van der Waals surface area contributed by atoms with E-state index in [4.69, 9.17) is 9.47 Å². The van der Waals surface area contributed by atoms with Crippen molar-refractivity contribution in [2.24, 2.45) is 5.92 Å². The van der Waals surface area contributed by atoms with Crippen LogP contribution < -0.4 is 0 Å². The SMILES string of the molecule is O=C(COCC1CCOC1)c1ccc(F)cc1. The molecule has 1 aromatic rings. The van der Waals surface area contributed by atoms with Gasteiger partial charge in [-0.3, -0.25) is 4.79 Å². The van der Waals surface area contributed by atoms with Gasteiger partial charge in [-0.15, -0.1) is 0 Å². The van der Waals surface area contributed by atoms with Crippen LogP contribution in [0.1, 0.15) is 16.8 Å². The molecule has 1 unspecified atom stereocenters. The zero-order valence-corrected chi connectivity index (χ0v) is 9.52. The van der Waals surface area contributed by atoms with Crippen LogP contribution in [0.4, 0.5) is 4.39 Å². The third-order valence-corrected chi connectivity index (χ3v) is 2.78. The second kappa shape index (κ2) is 5.89. The highest BCUT2D eigenvalue weighted by molar-refractivity contribution is 5.97. The number of carbonyl (C=O) groups excluding carboxylic acids is 1. The number of ketones is 1. The van der Waals surface area contributed by atoms with Crippen LogP contribution in [0.3, 0.4) is 0 Å². The predicted octanol–water partition coefficient (Wildman–Crippen LogP) is 2.06. The van der Waals surface area contributed by atoms with E-state index in [1.807, 2.05) is 0 Å². The van der Waals surface area contributed by atoms with Crippen LogP contribution in [0.2, 0.25) is 0 Å². The highest BCUT2D eigenvalue weighted by Crippen LogP contribution is 2.12. The molecular weight excluding hydrogens is 223 g/mol. The van der Waals surface area contributed by atoms with E-state index in [1.54, 1.807) is 0 Å². The minimum absolute atomic E-state index is 0.0438. The monoisotopic (exact) mass is 238 g/mol. The minimum atomic E-state index is -0.342. The van der Waals surface area contributed by atoms with Gasteiger partial charge in [0.1, 0.15) is 12.4 Å². The first kappa shape index (κ1) is 12.2. The number of Topliss-reactive ketones (excluding diaryl/α,β-unsaturated/α-hetero) is 1. The van der Waals surface area contributed by atoms with Gasteiger partial charge in [-0.05, 0) is 30.7 Å². The Bertz CT molecular complexity index is 369. The van der Waals surface area contributed by atoms with Crippen LogP contribution >= 0.6 is 0 Å². The van der Waals surface area contributed by atoms with Gasteiger partial charge in [0.05, 0.1) is 13.2 Å². The zero-order valence-electron chi connectivity index (χ0n) is 9.52. The number of hydrogen-bond donors (Lipinski definition) is 0. The third-order valence-electron chi connectivity index (χ3n) is 2.78. The molecule has 0 amide bonds. The molecule has 92 valence electrons. The Labute approximate surface area is 99.5 Å². The van der Waals surface area contributed by atoms with Crippen molar-refractivity contribution in [3.63, 3.8) is 0 Å².